The third-order valence-electron chi connectivity index (χ3n) is 4.08. The number of nitrogens with one attached hydrogen (secondary N) is 1. The topological polar surface area (TPSA) is 58.1 Å². The zero-order valence-electron chi connectivity index (χ0n) is 14.1. The van der Waals surface area contributed by atoms with Gasteiger partial charge in [-0.1, -0.05) is 26.7 Å². The number of rotatable bonds is 6. The van der Waals surface area contributed by atoms with Crippen LogP contribution in [0.4, 0.5) is 5.95 Å². The van der Waals surface area contributed by atoms with E-state index in [0.29, 0.717) is 24.1 Å². The Balaban J connectivity index is 2.04. The quantitative estimate of drug-likeness (QED) is 0.821. The molecule has 0 aromatic carbocycles. The van der Waals surface area contributed by atoms with Crippen LogP contribution in [0.3, 0.4) is 0 Å². The maximum Gasteiger partial charge on any atom is 0.270 e. The van der Waals surface area contributed by atoms with Gasteiger partial charge in [-0.25, -0.2) is 9.97 Å². The van der Waals surface area contributed by atoms with Gasteiger partial charge in [0.05, 0.1) is 0 Å². The minimum absolute atomic E-state index is 0.0899. The molecule has 1 atom stereocenters. The lowest BCUT2D eigenvalue weighted by Crippen LogP contribution is -2.36. The summed E-state index contributed by atoms with van der Waals surface area (Å²) in [5.74, 6) is 1.27. The summed E-state index contributed by atoms with van der Waals surface area (Å²) in [6.07, 6.45) is 5.73. The molecule has 1 aromatic rings. The lowest BCUT2D eigenvalue weighted by Gasteiger charge is -2.31. The first-order valence-electron chi connectivity index (χ1n) is 8.49. The Hall–Kier alpha value is -1.65. The van der Waals surface area contributed by atoms with Crippen LogP contribution in [0.1, 0.15) is 62.1 Å². The molecular weight excluding hydrogens is 276 g/mol. The molecule has 1 amide bonds. The van der Waals surface area contributed by atoms with Crippen molar-refractivity contribution in [2.45, 2.75) is 52.9 Å². The first-order valence-corrected chi connectivity index (χ1v) is 8.49. The van der Waals surface area contributed by atoms with Crippen LogP contribution in [0.5, 0.6) is 0 Å². The predicted octanol–water partition coefficient (Wildman–Crippen LogP) is 2.94. The highest BCUT2D eigenvalue weighted by Crippen LogP contribution is 2.20. The van der Waals surface area contributed by atoms with E-state index in [1.54, 1.807) is 6.07 Å². The molecule has 0 spiro atoms. The number of hydrogen-bond acceptors (Lipinski definition) is 4. The first-order chi connectivity index (χ1) is 10.6. The lowest BCUT2D eigenvalue weighted by molar-refractivity contribution is 0.0947. The highest BCUT2D eigenvalue weighted by Gasteiger charge is 2.20. The van der Waals surface area contributed by atoms with Crippen molar-refractivity contribution in [3.05, 3.63) is 17.5 Å². The van der Waals surface area contributed by atoms with Gasteiger partial charge in [0.2, 0.25) is 5.95 Å². The molecule has 1 fully saturated rings. The molecule has 0 saturated carbocycles. The third-order valence-corrected chi connectivity index (χ3v) is 4.08. The van der Waals surface area contributed by atoms with Crippen molar-refractivity contribution in [2.75, 3.05) is 24.5 Å². The molecule has 1 aliphatic rings. The van der Waals surface area contributed by atoms with Crippen molar-refractivity contribution in [3.8, 4) is 0 Å². The summed E-state index contributed by atoms with van der Waals surface area (Å²) in [5, 5.41) is 2.95. The second-order valence-electron chi connectivity index (χ2n) is 6.35. The Morgan fingerprint density at radius 2 is 2.23 bits per heavy atom. The molecule has 22 heavy (non-hydrogen) atoms. The van der Waals surface area contributed by atoms with E-state index < -0.39 is 0 Å². The standard InChI is InChI=1S/C17H28N4O/c1-4-5-6-9-18-16(22)15-11-14(3)19-17(20-15)21-10-7-8-13(2)12-21/h11,13H,4-10,12H2,1-3H3,(H,18,22). The molecule has 122 valence electrons. The van der Waals surface area contributed by atoms with Crippen molar-refractivity contribution in [1.82, 2.24) is 15.3 Å². The smallest absolute Gasteiger partial charge is 0.270 e. The summed E-state index contributed by atoms with van der Waals surface area (Å²) in [6, 6.07) is 1.77. The average Bonchev–Trinajstić information content (AvgIpc) is 2.51. The molecule has 1 unspecified atom stereocenters. The summed E-state index contributed by atoms with van der Waals surface area (Å²) in [6.45, 7) is 9.00. The number of amides is 1. The summed E-state index contributed by atoms with van der Waals surface area (Å²) >= 11 is 0. The van der Waals surface area contributed by atoms with E-state index in [-0.39, 0.29) is 5.91 Å². The van der Waals surface area contributed by atoms with Gasteiger partial charge < -0.3 is 10.2 Å². The molecule has 5 heteroatoms. The Kier molecular flexibility index (Phi) is 6.16. The third kappa shape index (κ3) is 4.68. The number of aryl methyl sites for hydroxylation is 1. The van der Waals surface area contributed by atoms with E-state index in [2.05, 4.69) is 34.0 Å². The average molecular weight is 304 g/mol. The van der Waals surface area contributed by atoms with Crippen LogP contribution in [-0.4, -0.2) is 35.5 Å². The van der Waals surface area contributed by atoms with Gasteiger partial charge in [-0.3, -0.25) is 4.79 Å². The summed E-state index contributed by atoms with van der Waals surface area (Å²) in [5.41, 5.74) is 1.33. The van der Waals surface area contributed by atoms with E-state index in [1.165, 1.54) is 6.42 Å². The SMILES string of the molecule is CCCCCNC(=O)c1cc(C)nc(N2CCCC(C)C2)n1. The van der Waals surface area contributed by atoms with Crippen LogP contribution in [0.2, 0.25) is 0 Å². The van der Waals surface area contributed by atoms with Gasteiger partial charge in [0.15, 0.2) is 0 Å². The van der Waals surface area contributed by atoms with Gasteiger partial charge in [0.1, 0.15) is 5.69 Å². The second-order valence-corrected chi connectivity index (χ2v) is 6.35. The Bertz CT molecular complexity index is 503. The van der Waals surface area contributed by atoms with Gasteiger partial charge in [0, 0.05) is 25.3 Å². The van der Waals surface area contributed by atoms with E-state index >= 15 is 0 Å². The molecule has 0 radical (unpaired) electrons. The largest absolute Gasteiger partial charge is 0.351 e. The van der Waals surface area contributed by atoms with Crippen molar-refractivity contribution < 1.29 is 4.79 Å². The minimum Gasteiger partial charge on any atom is -0.351 e. The summed E-state index contributed by atoms with van der Waals surface area (Å²) < 4.78 is 0. The summed E-state index contributed by atoms with van der Waals surface area (Å²) in [4.78, 5) is 23.5. The number of carbonyl (C=O) groups excluding carboxylic acids is 1. The molecule has 1 aliphatic heterocycles. The fourth-order valence-electron chi connectivity index (χ4n) is 2.85. The van der Waals surface area contributed by atoms with Gasteiger partial charge >= 0.3 is 0 Å². The number of anilines is 1. The first kappa shape index (κ1) is 16.7. The van der Waals surface area contributed by atoms with Crippen molar-refractivity contribution in [1.29, 1.82) is 0 Å². The maximum atomic E-state index is 12.2. The van der Waals surface area contributed by atoms with E-state index in [9.17, 15) is 4.79 Å². The molecule has 1 N–H and O–H groups in total. The molecule has 1 saturated heterocycles. The molecule has 1 aromatic heterocycles. The highest BCUT2D eigenvalue weighted by atomic mass is 16.1. The minimum atomic E-state index is -0.0899. The van der Waals surface area contributed by atoms with Crippen LogP contribution in [-0.2, 0) is 0 Å². The van der Waals surface area contributed by atoms with Crippen LogP contribution in [0, 0.1) is 12.8 Å². The number of nitrogens with zero attached hydrogens (tertiary/aromatic N) is 3. The van der Waals surface area contributed by atoms with Crippen LogP contribution in [0.15, 0.2) is 6.07 Å². The fourth-order valence-corrected chi connectivity index (χ4v) is 2.85. The zero-order valence-corrected chi connectivity index (χ0v) is 14.1. The van der Waals surface area contributed by atoms with Gasteiger partial charge in [-0.2, -0.15) is 0 Å². The zero-order chi connectivity index (χ0) is 15.9. The van der Waals surface area contributed by atoms with Crippen molar-refractivity contribution in [2.24, 2.45) is 5.92 Å². The molecular formula is C17H28N4O. The van der Waals surface area contributed by atoms with E-state index in [4.69, 9.17) is 0 Å². The van der Waals surface area contributed by atoms with Crippen LogP contribution in [0.25, 0.3) is 0 Å². The second kappa shape index (κ2) is 8.11. The molecule has 2 heterocycles. The monoisotopic (exact) mass is 304 g/mol. The number of piperidine rings is 1. The lowest BCUT2D eigenvalue weighted by atomic mass is 10.0. The predicted molar refractivity (Wildman–Crippen MR) is 89.2 cm³/mol. The van der Waals surface area contributed by atoms with Crippen LogP contribution < -0.4 is 10.2 Å². The normalized spacial score (nSPS) is 18.3. The van der Waals surface area contributed by atoms with E-state index in [1.807, 2.05) is 6.92 Å². The summed E-state index contributed by atoms with van der Waals surface area (Å²) in [7, 11) is 0. The number of unbranched alkanes of at least 4 members (excludes halogenated alkanes) is 2. The van der Waals surface area contributed by atoms with Crippen LogP contribution >= 0.6 is 0 Å². The van der Waals surface area contributed by atoms with Gasteiger partial charge in [0.25, 0.3) is 5.91 Å². The van der Waals surface area contributed by atoms with Gasteiger partial charge in [-0.05, 0) is 38.2 Å². The number of aromatic nitrogens is 2. The van der Waals surface area contributed by atoms with Crippen molar-refractivity contribution in [3.63, 3.8) is 0 Å². The fraction of sp³-hybridized carbons (Fsp3) is 0.706. The van der Waals surface area contributed by atoms with E-state index in [0.717, 1.165) is 44.5 Å². The highest BCUT2D eigenvalue weighted by molar-refractivity contribution is 5.92. The number of carbonyl (C=O) groups is 1. The molecule has 0 bridgehead atoms. The molecule has 0 aliphatic carbocycles. The van der Waals surface area contributed by atoms with Crippen molar-refractivity contribution >= 4 is 11.9 Å². The van der Waals surface area contributed by atoms with Gasteiger partial charge in [-0.15, -0.1) is 0 Å². The Morgan fingerprint density at radius 3 is 2.95 bits per heavy atom. The Labute approximate surface area is 133 Å². The molecule has 2 rings (SSSR count). The molecule has 5 nitrogen and oxygen atoms in total. The maximum absolute atomic E-state index is 12.2. The number of hydrogen-bond donors (Lipinski definition) is 1. The Morgan fingerprint density at radius 1 is 1.41 bits per heavy atom.